The molecule has 0 heterocycles. The van der Waals surface area contributed by atoms with Crippen LogP contribution in [0.15, 0.2) is 121 Å². The Morgan fingerprint density at radius 3 is 1.77 bits per heavy atom. The van der Waals surface area contributed by atoms with Crippen LogP contribution >= 0.6 is 0 Å². The molecule has 0 spiro atoms. The van der Waals surface area contributed by atoms with Crippen LogP contribution in [0.4, 0.5) is 4.79 Å². The van der Waals surface area contributed by atoms with Crippen LogP contribution < -0.4 is 16.1 Å². The minimum absolute atomic E-state index is 0.111. The van der Waals surface area contributed by atoms with Crippen molar-refractivity contribution in [2.75, 3.05) is 0 Å². The van der Waals surface area contributed by atoms with Crippen LogP contribution in [-0.2, 0) is 4.79 Å². The zero-order valence-corrected chi connectivity index (χ0v) is 21.9. The first-order valence-corrected chi connectivity index (χ1v) is 13.0. The van der Waals surface area contributed by atoms with Crippen LogP contribution in [0.3, 0.4) is 0 Å². The van der Waals surface area contributed by atoms with E-state index in [-0.39, 0.29) is 5.92 Å². The van der Waals surface area contributed by atoms with Crippen LogP contribution in [0, 0.1) is 0 Å². The van der Waals surface area contributed by atoms with Crippen molar-refractivity contribution in [1.29, 1.82) is 0 Å². The van der Waals surface area contributed by atoms with Crippen LogP contribution in [0.5, 0.6) is 0 Å². The third-order valence-electron chi connectivity index (χ3n) is 6.59. The van der Waals surface area contributed by atoms with Crippen molar-refractivity contribution in [2.24, 2.45) is 0 Å². The number of hydrogen-bond donors (Lipinski definition) is 4. The van der Waals surface area contributed by atoms with E-state index in [9.17, 15) is 14.4 Å². The quantitative estimate of drug-likeness (QED) is 0.114. The molecule has 4 rings (SSSR count). The summed E-state index contributed by atoms with van der Waals surface area (Å²) in [4.78, 5) is 36.9. The molecule has 0 aromatic heterocycles. The van der Waals surface area contributed by atoms with Crippen molar-refractivity contribution in [3.8, 4) is 0 Å². The standard InChI is InChI=1S/C33H31N3O4/c37-31(36-40)23-18-24-16-19-27(20-17-24)30(34-33(39)35-32(38)28-14-8-3-9-15-28)22-21-29(25-10-4-1-5-11-25)26-12-6-2-7-13-26/h1-20,23,29-30,40H,21-22H2,(H,36,37)(H2,34,35,38,39). The highest BCUT2D eigenvalue weighted by atomic mass is 16.5. The van der Waals surface area contributed by atoms with E-state index in [1.54, 1.807) is 41.9 Å². The summed E-state index contributed by atoms with van der Waals surface area (Å²) in [5.74, 6) is -0.998. The van der Waals surface area contributed by atoms with Gasteiger partial charge in [0.2, 0.25) is 0 Å². The van der Waals surface area contributed by atoms with Crippen LogP contribution in [0.25, 0.3) is 6.08 Å². The third-order valence-corrected chi connectivity index (χ3v) is 6.59. The Kier molecular flexibility index (Phi) is 9.96. The van der Waals surface area contributed by atoms with Gasteiger partial charge in [0.05, 0.1) is 6.04 Å². The van der Waals surface area contributed by atoms with Crippen molar-refractivity contribution in [3.63, 3.8) is 0 Å². The molecule has 4 amide bonds. The molecule has 40 heavy (non-hydrogen) atoms. The Bertz CT molecular complexity index is 1380. The average molecular weight is 534 g/mol. The van der Waals surface area contributed by atoms with E-state index in [1.807, 2.05) is 60.7 Å². The number of nitrogens with one attached hydrogen (secondary N) is 3. The van der Waals surface area contributed by atoms with Gasteiger partial charge in [-0.15, -0.1) is 0 Å². The highest BCUT2D eigenvalue weighted by Crippen LogP contribution is 2.32. The summed E-state index contributed by atoms with van der Waals surface area (Å²) >= 11 is 0. The first kappa shape index (κ1) is 28.0. The van der Waals surface area contributed by atoms with E-state index >= 15 is 0 Å². The Labute approximate surface area is 233 Å². The molecule has 7 heteroatoms. The van der Waals surface area contributed by atoms with Crippen molar-refractivity contribution < 1.29 is 19.6 Å². The Hall–Kier alpha value is -5.01. The van der Waals surface area contributed by atoms with Gasteiger partial charge in [-0.1, -0.05) is 103 Å². The first-order chi connectivity index (χ1) is 19.5. The van der Waals surface area contributed by atoms with Gasteiger partial charge in [0.1, 0.15) is 0 Å². The molecule has 202 valence electrons. The SMILES string of the molecule is O=C(C=Cc1ccc(C(CCC(c2ccccc2)c2ccccc2)NC(=O)NC(=O)c2ccccc2)cc1)NO. The van der Waals surface area contributed by atoms with Gasteiger partial charge in [-0.05, 0) is 53.3 Å². The molecule has 1 atom stereocenters. The molecule has 0 saturated carbocycles. The molecule has 0 saturated heterocycles. The van der Waals surface area contributed by atoms with Gasteiger partial charge in [-0.2, -0.15) is 0 Å². The highest BCUT2D eigenvalue weighted by Gasteiger charge is 2.21. The minimum Gasteiger partial charge on any atom is -0.331 e. The lowest BCUT2D eigenvalue weighted by atomic mass is 9.85. The molecule has 0 fully saturated rings. The van der Waals surface area contributed by atoms with Gasteiger partial charge in [-0.25, -0.2) is 10.3 Å². The molecular formula is C33H31N3O4. The zero-order valence-electron chi connectivity index (χ0n) is 21.9. The molecule has 0 radical (unpaired) electrons. The van der Waals surface area contributed by atoms with Gasteiger partial charge in [0.15, 0.2) is 0 Å². The number of carbonyl (C=O) groups excluding carboxylic acids is 3. The van der Waals surface area contributed by atoms with Crippen molar-refractivity contribution in [1.82, 2.24) is 16.1 Å². The largest absolute Gasteiger partial charge is 0.331 e. The first-order valence-electron chi connectivity index (χ1n) is 13.0. The monoisotopic (exact) mass is 533 g/mol. The lowest BCUT2D eigenvalue weighted by Crippen LogP contribution is -2.41. The van der Waals surface area contributed by atoms with E-state index in [1.165, 1.54) is 17.2 Å². The summed E-state index contributed by atoms with van der Waals surface area (Å²) in [6.07, 6.45) is 4.13. The number of amides is 4. The summed E-state index contributed by atoms with van der Waals surface area (Å²) in [7, 11) is 0. The Morgan fingerprint density at radius 1 is 0.675 bits per heavy atom. The minimum atomic E-state index is -0.628. The predicted molar refractivity (Wildman–Crippen MR) is 155 cm³/mol. The fourth-order valence-electron chi connectivity index (χ4n) is 4.56. The Balaban J connectivity index is 1.55. The second-order valence-corrected chi connectivity index (χ2v) is 9.27. The molecule has 4 aromatic rings. The van der Waals surface area contributed by atoms with E-state index in [4.69, 9.17) is 5.21 Å². The molecule has 4 N–H and O–H groups in total. The van der Waals surface area contributed by atoms with Gasteiger partial charge >= 0.3 is 6.03 Å². The molecule has 0 aliphatic rings. The van der Waals surface area contributed by atoms with Crippen LogP contribution in [0.1, 0.15) is 57.4 Å². The maximum absolute atomic E-state index is 13.0. The fourth-order valence-corrected chi connectivity index (χ4v) is 4.56. The average Bonchev–Trinajstić information content (AvgIpc) is 3.01. The van der Waals surface area contributed by atoms with Gasteiger partial charge < -0.3 is 5.32 Å². The number of hydrogen-bond acceptors (Lipinski definition) is 4. The van der Waals surface area contributed by atoms with Gasteiger partial charge in [0, 0.05) is 17.6 Å². The zero-order chi connectivity index (χ0) is 28.2. The number of hydroxylamine groups is 1. The van der Waals surface area contributed by atoms with Crippen molar-refractivity contribution in [2.45, 2.75) is 24.8 Å². The second-order valence-electron chi connectivity index (χ2n) is 9.27. The number of imide groups is 1. The topological polar surface area (TPSA) is 108 Å². The van der Waals surface area contributed by atoms with E-state index in [2.05, 4.69) is 34.9 Å². The predicted octanol–water partition coefficient (Wildman–Crippen LogP) is 6.00. The molecule has 0 bridgehead atoms. The summed E-state index contributed by atoms with van der Waals surface area (Å²) in [5, 5.41) is 14.1. The molecule has 4 aromatic carbocycles. The summed E-state index contributed by atoms with van der Waals surface area (Å²) < 4.78 is 0. The summed E-state index contributed by atoms with van der Waals surface area (Å²) in [6, 6.07) is 35.5. The van der Waals surface area contributed by atoms with Crippen LogP contribution in [-0.4, -0.2) is 23.1 Å². The van der Waals surface area contributed by atoms with E-state index in [0.717, 1.165) is 17.5 Å². The third kappa shape index (κ3) is 7.99. The van der Waals surface area contributed by atoms with E-state index < -0.39 is 23.9 Å². The highest BCUT2D eigenvalue weighted by molar-refractivity contribution is 6.04. The van der Waals surface area contributed by atoms with E-state index in [0.29, 0.717) is 12.0 Å². The number of benzene rings is 4. The Morgan fingerprint density at radius 2 is 1.23 bits per heavy atom. The normalized spacial score (nSPS) is 11.7. The van der Waals surface area contributed by atoms with Crippen molar-refractivity contribution in [3.05, 3.63) is 149 Å². The van der Waals surface area contributed by atoms with Gasteiger partial charge in [-0.3, -0.25) is 20.1 Å². The smallest absolute Gasteiger partial charge is 0.322 e. The molecule has 0 aliphatic heterocycles. The summed E-state index contributed by atoms with van der Waals surface area (Å²) in [6.45, 7) is 0. The lowest BCUT2D eigenvalue weighted by Gasteiger charge is -2.24. The summed E-state index contributed by atoms with van der Waals surface area (Å²) in [5.41, 5.74) is 5.92. The van der Waals surface area contributed by atoms with Gasteiger partial charge in [0.25, 0.3) is 11.8 Å². The maximum Gasteiger partial charge on any atom is 0.322 e. The fraction of sp³-hybridized carbons (Fsp3) is 0.121. The number of urea groups is 1. The number of carbonyl (C=O) groups is 3. The maximum atomic E-state index is 13.0. The number of rotatable bonds is 10. The van der Waals surface area contributed by atoms with Crippen LogP contribution in [0.2, 0.25) is 0 Å². The van der Waals surface area contributed by atoms with Crippen molar-refractivity contribution >= 4 is 23.9 Å². The molecular weight excluding hydrogens is 502 g/mol. The second kappa shape index (κ2) is 14.2. The lowest BCUT2D eigenvalue weighted by molar-refractivity contribution is -0.124. The molecule has 0 aliphatic carbocycles. The molecule has 7 nitrogen and oxygen atoms in total. The molecule has 1 unspecified atom stereocenters.